The molecule has 0 spiro atoms. The topological polar surface area (TPSA) is 83.0 Å². The molecular weight excluding hydrogens is 399 g/mol. The van der Waals surface area contributed by atoms with Crippen LogP contribution in [0.4, 0.5) is 4.70 Å². The lowest BCUT2D eigenvalue weighted by molar-refractivity contribution is 0.0437. The number of hydrogen-bond donors (Lipinski definition) is 4. The molecule has 1 aliphatic carbocycles. The molecule has 0 bridgehead atoms. The number of ether oxygens (including phenoxy) is 1. The fourth-order valence-corrected chi connectivity index (χ4v) is 3.27. The third-order valence-electron chi connectivity index (χ3n) is 5.15. The molecule has 2 aromatic carbocycles. The Hall–Kier alpha value is -2.19. The summed E-state index contributed by atoms with van der Waals surface area (Å²) in [5.41, 5.74) is 6.18. The first kappa shape index (κ1) is 25.1. The molecule has 4 N–H and O–H groups in total. The number of hydrogen-bond acceptors (Lipinski definition) is 6. The minimum absolute atomic E-state index is 0. The Kier molecular flexibility index (Phi) is 10.7. The second kappa shape index (κ2) is 13.3. The van der Waals surface area contributed by atoms with E-state index in [9.17, 15) is 10.2 Å². The van der Waals surface area contributed by atoms with Crippen molar-refractivity contribution in [2.24, 2.45) is 0 Å². The van der Waals surface area contributed by atoms with Gasteiger partial charge in [0.2, 0.25) is 0 Å². The highest BCUT2D eigenvalue weighted by Gasteiger charge is 2.26. The van der Waals surface area contributed by atoms with Crippen molar-refractivity contribution in [1.82, 2.24) is 10.8 Å². The van der Waals surface area contributed by atoms with Crippen LogP contribution in [0.3, 0.4) is 0 Å². The lowest BCUT2D eigenvalue weighted by Crippen LogP contribution is -2.27. The van der Waals surface area contributed by atoms with Crippen molar-refractivity contribution < 1.29 is 25.9 Å². The second-order valence-electron chi connectivity index (χ2n) is 7.98. The Bertz CT molecular complexity index is 790. The molecular formula is C24H37FN2O4. The summed E-state index contributed by atoms with van der Waals surface area (Å²) in [7, 11) is 0. The van der Waals surface area contributed by atoms with E-state index < -0.39 is 0 Å². The average Bonchev–Trinajstić information content (AvgIpc) is 3.56. The van der Waals surface area contributed by atoms with Gasteiger partial charge in [-0.2, -0.15) is 0 Å². The van der Waals surface area contributed by atoms with E-state index in [4.69, 9.17) is 9.57 Å². The lowest BCUT2D eigenvalue weighted by atomic mass is 10.1. The molecule has 1 saturated carbocycles. The summed E-state index contributed by atoms with van der Waals surface area (Å²) >= 11 is 0. The van der Waals surface area contributed by atoms with Gasteiger partial charge in [-0.25, -0.2) is 5.48 Å². The van der Waals surface area contributed by atoms with Gasteiger partial charge >= 0.3 is 0 Å². The zero-order valence-corrected chi connectivity index (χ0v) is 18.2. The summed E-state index contributed by atoms with van der Waals surface area (Å²) in [6.45, 7) is 5.06. The van der Waals surface area contributed by atoms with Crippen LogP contribution in [0.2, 0.25) is 0 Å². The molecule has 0 radical (unpaired) electrons. The number of phenolic OH excluding ortho intramolecular Hbond substituents is 1. The molecule has 0 heterocycles. The Morgan fingerprint density at radius 3 is 2.68 bits per heavy atom. The van der Waals surface area contributed by atoms with Crippen LogP contribution in [0.1, 0.15) is 50.2 Å². The van der Waals surface area contributed by atoms with Gasteiger partial charge in [-0.1, -0.05) is 24.3 Å². The second-order valence-corrected chi connectivity index (χ2v) is 7.98. The molecule has 1 atom stereocenters. The number of aliphatic hydroxyl groups excluding tert-OH is 1. The zero-order chi connectivity index (χ0) is 21.2. The van der Waals surface area contributed by atoms with E-state index in [1.165, 1.54) is 18.4 Å². The summed E-state index contributed by atoms with van der Waals surface area (Å²) in [5.74, 6) is 1.75. The zero-order valence-electron chi connectivity index (χ0n) is 18.2. The average molecular weight is 437 g/mol. The van der Waals surface area contributed by atoms with Crippen molar-refractivity contribution in [3.8, 4) is 11.5 Å². The number of aliphatic hydroxyl groups is 1. The normalized spacial score (nSPS) is 14.1. The van der Waals surface area contributed by atoms with E-state index in [0.717, 1.165) is 42.8 Å². The Morgan fingerprint density at radius 1 is 1.10 bits per heavy atom. The van der Waals surface area contributed by atoms with Crippen molar-refractivity contribution in [2.75, 3.05) is 26.2 Å². The van der Waals surface area contributed by atoms with Gasteiger partial charge in [0.15, 0.2) is 0 Å². The molecule has 31 heavy (non-hydrogen) atoms. The minimum atomic E-state index is -0.267. The molecule has 1 aliphatic rings. The van der Waals surface area contributed by atoms with E-state index in [-0.39, 0.29) is 12.2 Å². The molecule has 7 heteroatoms. The Balaban J connectivity index is 0.00000256. The number of benzene rings is 2. The van der Waals surface area contributed by atoms with E-state index in [2.05, 4.69) is 16.9 Å². The Labute approximate surface area is 185 Å². The van der Waals surface area contributed by atoms with Crippen molar-refractivity contribution in [3.63, 3.8) is 0 Å². The van der Waals surface area contributed by atoms with E-state index in [1.54, 1.807) is 6.92 Å². The number of phenols is 1. The maximum atomic E-state index is 10.2. The predicted molar refractivity (Wildman–Crippen MR) is 122 cm³/mol. The van der Waals surface area contributed by atoms with Crippen LogP contribution in [0.5, 0.6) is 11.5 Å². The number of aromatic hydroxyl groups is 1. The molecule has 174 valence electrons. The van der Waals surface area contributed by atoms with Crippen molar-refractivity contribution in [3.05, 3.63) is 59.2 Å². The van der Waals surface area contributed by atoms with Crippen LogP contribution in [0, 0.1) is 0 Å². The van der Waals surface area contributed by atoms with Crippen molar-refractivity contribution >= 4 is 0 Å². The molecule has 1 unspecified atom stereocenters. The van der Waals surface area contributed by atoms with E-state index >= 15 is 0 Å². The smallest absolute Gasteiger partial charge is 0.120 e. The largest absolute Gasteiger partial charge is 0.508 e. The molecule has 0 amide bonds. The first-order chi connectivity index (χ1) is 14.6. The highest BCUT2D eigenvalue weighted by molar-refractivity contribution is 5.40. The molecule has 0 aromatic heterocycles. The quantitative estimate of drug-likeness (QED) is 0.267. The van der Waals surface area contributed by atoms with Crippen LogP contribution >= 0.6 is 0 Å². The molecule has 1 fully saturated rings. The standard InChI is InChI=1S/C24H34N2O4.FH.H2/c1-18(27)9-11-25-13-14-30-26-12-10-19-3-2-4-22(15-19)29-17-20-5-8-23(21-6-7-21)24(28)16-20;;/h2-5,8,15-16,18,21,25-28H,6-7,9-14,17H2,1H3;2*1H. The molecule has 2 aromatic rings. The summed E-state index contributed by atoms with van der Waals surface area (Å²) in [6.07, 6.45) is 3.67. The van der Waals surface area contributed by atoms with Gasteiger partial charge in [0.25, 0.3) is 0 Å². The SMILES string of the molecule is CC(O)CCNCCONCCc1cccc(OCc2ccc(C3CC3)c(O)c2)c1.F.[HH]. The Morgan fingerprint density at radius 2 is 1.94 bits per heavy atom. The highest BCUT2D eigenvalue weighted by Crippen LogP contribution is 2.44. The first-order valence-electron chi connectivity index (χ1n) is 10.9. The molecule has 6 nitrogen and oxygen atoms in total. The van der Waals surface area contributed by atoms with Gasteiger partial charge in [0, 0.05) is 14.5 Å². The predicted octanol–water partition coefficient (Wildman–Crippen LogP) is 3.67. The number of halogens is 1. The van der Waals surface area contributed by atoms with Crippen LogP contribution in [-0.2, 0) is 17.9 Å². The highest BCUT2D eigenvalue weighted by atomic mass is 19.0. The van der Waals surface area contributed by atoms with Gasteiger partial charge in [-0.3, -0.25) is 4.70 Å². The number of rotatable bonds is 14. The van der Waals surface area contributed by atoms with Gasteiger partial charge < -0.3 is 25.1 Å². The van der Waals surface area contributed by atoms with Gasteiger partial charge in [0.1, 0.15) is 18.1 Å². The number of nitrogens with one attached hydrogen (secondary N) is 2. The van der Waals surface area contributed by atoms with Gasteiger partial charge in [-0.05, 0) is 80.0 Å². The summed E-state index contributed by atoms with van der Waals surface area (Å²) in [4.78, 5) is 5.41. The van der Waals surface area contributed by atoms with Gasteiger partial charge in [0.05, 0.1) is 12.7 Å². The van der Waals surface area contributed by atoms with Crippen LogP contribution < -0.4 is 15.5 Å². The van der Waals surface area contributed by atoms with Crippen LogP contribution in [-0.4, -0.2) is 42.6 Å². The maximum Gasteiger partial charge on any atom is 0.120 e. The number of hydroxylamine groups is 1. The molecule has 3 rings (SSSR count). The summed E-state index contributed by atoms with van der Waals surface area (Å²) < 4.78 is 5.91. The first-order valence-corrected chi connectivity index (χ1v) is 10.9. The fraction of sp³-hybridized carbons (Fsp3) is 0.500. The third-order valence-corrected chi connectivity index (χ3v) is 5.15. The summed E-state index contributed by atoms with van der Waals surface area (Å²) in [5, 5.41) is 22.6. The van der Waals surface area contributed by atoms with E-state index in [0.29, 0.717) is 31.4 Å². The maximum absolute atomic E-state index is 10.2. The lowest BCUT2D eigenvalue weighted by Gasteiger charge is -2.11. The van der Waals surface area contributed by atoms with Crippen LogP contribution in [0.15, 0.2) is 42.5 Å². The van der Waals surface area contributed by atoms with Crippen LogP contribution in [0.25, 0.3) is 0 Å². The molecule has 0 saturated heterocycles. The third kappa shape index (κ3) is 9.23. The molecule has 0 aliphatic heterocycles. The fourth-order valence-electron chi connectivity index (χ4n) is 3.27. The summed E-state index contributed by atoms with van der Waals surface area (Å²) in [6, 6.07) is 13.9. The van der Waals surface area contributed by atoms with E-state index in [1.807, 2.05) is 36.4 Å². The minimum Gasteiger partial charge on any atom is -0.508 e. The van der Waals surface area contributed by atoms with Crippen molar-refractivity contribution in [2.45, 2.75) is 51.2 Å². The van der Waals surface area contributed by atoms with Gasteiger partial charge in [-0.15, -0.1) is 0 Å². The van der Waals surface area contributed by atoms with Crippen molar-refractivity contribution in [1.29, 1.82) is 0 Å². The monoisotopic (exact) mass is 436 g/mol.